The van der Waals surface area contributed by atoms with E-state index in [4.69, 9.17) is 15.2 Å². The molecule has 10 nitrogen and oxygen atoms in total. The molecule has 4 aromatic rings. The van der Waals surface area contributed by atoms with Crippen LogP contribution >= 0.6 is 24.8 Å². The number of anilines is 2. The Morgan fingerprint density at radius 2 is 1.51 bits per heavy atom. The molecule has 0 saturated carbocycles. The van der Waals surface area contributed by atoms with Crippen LogP contribution in [-0.4, -0.2) is 88.1 Å². The Labute approximate surface area is 312 Å². The summed E-state index contributed by atoms with van der Waals surface area (Å²) < 4.78 is 11.3. The van der Waals surface area contributed by atoms with Crippen LogP contribution in [0.15, 0.2) is 91.0 Å². The summed E-state index contributed by atoms with van der Waals surface area (Å²) in [6.07, 6.45) is 0.672. The van der Waals surface area contributed by atoms with Gasteiger partial charge in [0.15, 0.2) is 0 Å². The van der Waals surface area contributed by atoms with Gasteiger partial charge in [0, 0.05) is 56.0 Å². The average Bonchev–Trinajstić information content (AvgIpc) is 3.14. The van der Waals surface area contributed by atoms with Gasteiger partial charge in [-0.3, -0.25) is 14.4 Å². The lowest BCUT2D eigenvalue weighted by Crippen LogP contribution is -2.47. The highest BCUT2D eigenvalue weighted by Crippen LogP contribution is 2.31. The third kappa shape index (κ3) is 9.80. The summed E-state index contributed by atoms with van der Waals surface area (Å²) >= 11 is 0. The van der Waals surface area contributed by atoms with E-state index in [1.165, 1.54) is 7.11 Å². The van der Waals surface area contributed by atoms with Crippen LogP contribution < -0.4 is 25.4 Å². The SMILES string of the molecule is COc1cc(C(=O)N(C)c2ccc(C(C)c3ccccc3C(=O)N3CCN(C)CC3)cc2)ccc1NC(=O)c1ccccc1OCCCN.Cl.Cl. The van der Waals surface area contributed by atoms with Crippen molar-refractivity contribution < 1.29 is 23.9 Å². The molecule has 0 spiro atoms. The number of methoxy groups -OCH3 is 1. The number of carbonyl (C=O) groups is 3. The first-order valence-electron chi connectivity index (χ1n) is 16.6. The summed E-state index contributed by atoms with van der Waals surface area (Å²) in [4.78, 5) is 46.0. The van der Waals surface area contributed by atoms with Crippen LogP contribution in [-0.2, 0) is 0 Å². The number of para-hydroxylation sites is 1. The van der Waals surface area contributed by atoms with Crippen molar-refractivity contribution in [2.75, 3.05) is 70.8 Å². The van der Waals surface area contributed by atoms with Gasteiger partial charge in [-0.25, -0.2) is 0 Å². The Hall–Kier alpha value is -4.61. The highest BCUT2D eigenvalue weighted by Gasteiger charge is 2.25. The molecule has 0 bridgehead atoms. The van der Waals surface area contributed by atoms with Gasteiger partial charge in [-0.15, -0.1) is 24.8 Å². The van der Waals surface area contributed by atoms with E-state index in [-0.39, 0.29) is 48.5 Å². The highest BCUT2D eigenvalue weighted by molar-refractivity contribution is 6.09. The molecule has 0 aromatic heterocycles. The fraction of sp³-hybridized carbons (Fsp3) is 0.308. The number of amides is 3. The van der Waals surface area contributed by atoms with Gasteiger partial charge >= 0.3 is 0 Å². The van der Waals surface area contributed by atoms with Crippen molar-refractivity contribution in [1.29, 1.82) is 0 Å². The predicted octanol–water partition coefficient (Wildman–Crippen LogP) is 6.33. The van der Waals surface area contributed by atoms with Gasteiger partial charge < -0.3 is 35.2 Å². The number of nitrogens with two attached hydrogens (primary N) is 1. The molecule has 1 fully saturated rings. The number of piperazine rings is 1. The van der Waals surface area contributed by atoms with Gasteiger partial charge in [-0.05, 0) is 79.7 Å². The molecule has 0 aliphatic carbocycles. The van der Waals surface area contributed by atoms with Gasteiger partial charge in [0.1, 0.15) is 11.5 Å². The topological polar surface area (TPSA) is 117 Å². The van der Waals surface area contributed by atoms with Crippen molar-refractivity contribution in [2.24, 2.45) is 5.73 Å². The van der Waals surface area contributed by atoms with Crippen LogP contribution in [0, 0.1) is 0 Å². The number of carbonyl (C=O) groups excluding carboxylic acids is 3. The molecule has 1 heterocycles. The lowest BCUT2D eigenvalue weighted by Gasteiger charge is -2.33. The van der Waals surface area contributed by atoms with Gasteiger partial charge in [-0.1, -0.05) is 49.4 Å². The fourth-order valence-corrected chi connectivity index (χ4v) is 5.89. The van der Waals surface area contributed by atoms with E-state index >= 15 is 0 Å². The van der Waals surface area contributed by atoms with Crippen LogP contribution in [0.2, 0.25) is 0 Å². The van der Waals surface area contributed by atoms with E-state index in [0.29, 0.717) is 53.6 Å². The van der Waals surface area contributed by atoms with E-state index < -0.39 is 0 Å². The number of hydrogen-bond donors (Lipinski definition) is 2. The molecule has 12 heteroatoms. The normalized spacial score (nSPS) is 13.2. The molecule has 1 atom stereocenters. The standard InChI is InChI=1S/C39H45N5O5.2ClH/c1-27(31-10-5-6-11-32(31)39(47)44-23-21-42(2)22-24-44)28-14-17-30(18-15-28)43(3)38(46)29-16-19-34(36(26-29)48-4)41-37(45)33-12-7-8-13-35(33)49-25-9-20-40;;/h5-8,10-19,26-27H,9,20-25,40H2,1-4H3,(H,41,45);2*1H. The lowest BCUT2D eigenvalue weighted by molar-refractivity contribution is 0.0662. The van der Waals surface area contributed by atoms with Crippen LogP contribution in [0.25, 0.3) is 0 Å². The Bertz CT molecular complexity index is 1780. The number of halogens is 2. The van der Waals surface area contributed by atoms with Crippen molar-refractivity contribution in [2.45, 2.75) is 19.3 Å². The number of ether oxygens (including phenoxy) is 2. The first-order valence-corrected chi connectivity index (χ1v) is 16.6. The maximum atomic E-state index is 13.6. The Morgan fingerprint density at radius 1 is 0.863 bits per heavy atom. The highest BCUT2D eigenvalue weighted by atomic mass is 35.5. The second-order valence-corrected chi connectivity index (χ2v) is 12.2. The maximum Gasteiger partial charge on any atom is 0.259 e. The summed E-state index contributed by atoms with van der Waals surface area (Å²) in [6.45, 7) is 6.17. The number of nitrogens with one attached hydrogen (secondary N) is 1. The van der Waals surface area contributed by atoms with Crippen molar-refractivity contribution >= 4 is 53.9 Å². The zero-order valence-corrected chi connectivity index (χ0v) is 31.1. The van der Waals surface area contributed by atoms with Crippen molar-refractivity contribution in [3.8, 4) is 11.5 Å². The molecule has 51 heavy (non-hydrogen) atoms. The summed E-state index contributed by atoms with van der Waals surface area (Å²) in [6, 6.07) is 27.6. The average molecular weight is 737 g/mol. The number of benzene rings is 4. The zero-order valence-electron chi connectivity index (χ0n) is 29.5. The fourth-order valence-electron chi connectivity index (χ4n) is 5.89. The Balaban J connectivity index is 0.00000351. The van der Waals surface area contributed by atoms with Crippen LogP contribution in [0.5, 0.6) is 11.5 Å². The quantitative estimate of drug-likeness (QED) is 0.163. The summed E-state index contributed by atoms with van der Waals surface area (Å²) in [5, 5.41) is 2.88. The first-order chi connectivity index (χ1) is 23.7. The van der Waals surface area contributed by atoms with Crippen LogP contribution in [0.1, 0.15) is 61.5 Å². The summed E-state index contributed by atoms with van der Waals surface area (Å²) in [5.41, 5.74) is 10.2. The molecule has 5 rings (SSSR count). The number of likely N-dealkylation sites (N-methyl/N-ethyl adjacent to an activating group) is 1. The Morgan fingerprint density at radius 3 is 2.18 bits per heavy atom. The van der Waals surface area contributed by atoms with Crippen molar-refractivity contribution in [3.05, 3.63) is 119 Å². The molecule has 0 radical (unpaired) electrons. The second-order valence-electron chi connectivity index (χ2n) is 12.2. The number of rotatable bonds is 12. The molecule has 1 saturated heterocycles. The summed E-state index contributed by atoms with van der Waals surface area (Å²) in [5.74, 6) is 0.250. The molecule has 272 valence electrons. The minimum atomic E-state index is -0.363. The van der Waals surface area contributed by atoms with Crippen LogP contribution in [0.4, 0.5) is 11.4 Å². The largest absolute Gasteiger partial charge is 0.495 e. The molecule has 3 amide bonds. The van der Waals surface area contributed by atoms with Crippen LogP contribution in [0.3, 0.4) is 0 Å². The minimum absolute atomic E-state index is 0. The third-order valence-corrected chi connectivity index (χ3v) is 8.97. The van der Waals surface area contributed by atoms with E-state index in [1.807, 2.05) is 53.4 Å². The molecule has 1 unspecified atom stereocenters. The van der Waals surface area contributed by atoms with Gasteiger partial charge in [0.2, 0.25) is 0 Å². The smallest absolute Gasteiger partial charge is 0.259 e. The molecule has 3 N–H and O–H groups in total. The maximum absolute atomic E-state index is 13.6. The Kier molecular flexibility index (Phi) is 15.3. The monoisotopic (exact) mass is 735 g/mol. The molecular weight excluding hydrogens is 689 g/mol. The zero-order chi connectivity index (χ0) is 34.9. The van der Waals surface area contributed by atoms with E-state index in [0.717, 1.165) is 42.9 Å². The van der Waals surface area contributed by atoms with E-state index in [2.05, 4.69) is 24.2 Å². The number of hydrogen-bond acceptors (Lipinski definition) is 7. The van der Waals surface area contributed by atoms with E-state index in [9.17, 15) is 14.4 Å². The predicted molar refractivity (Wildman–Crippen MR) is 208 cm³/mol. The second kappa shape index (κ2) is 19.1. The molecular formula is C39H47Cl2N5O5. The third-order valence-electron chi connectivity index (χ3n) is 8.97. The summed E-state index contributed by atoms with van der Waals surface area (Å²) in [7, 11) is 5.28. The minimum Gasteiger partial charge on any atom is -0.495 e. The van der Waals surface area contributed by atoms with Crippen molar-refractivity contribution in [3.63, 3.8) is 0 Å². The lowest BCUT2D eigenvalue weighted by atomic mass is 9.89. The number of nitrogens with zero attached hydrogens (tertiary/aromatic N) is 3. The molecule has 1 aliphatic rings. The van der Waals surface area contributed by atoms with E-state index in [1.54, 1.807) is 54.4 Å². The molecule has 4 aromatic carbocycles. The first kappa shape index (κ1) is 40.8. The molecule has 1 aliphatic heterocycles. The van der Waals surface area contributed by atoms with Crippen molar-refractivity contribution in [1.82, 2.24) is 9.80 Å². The van der Waals surface area contributed by atoms with Gasteiger partial charge in [0.05, 0.1) is 25.0 Å². The van der Waals surface area contributed by atoms with Gasteiger partial charge in [-0.2, -0.15) is 0 Å². The van der Waals surface area contributed by atoms with Gasteiger partial charge in [0.25, 0.3) is 17.7 Å².